The number of nitrogens with one attached hydrogen (secondary N) is 1. The third-order valence-corrected chi connectivity index (χ3v) is 2.91. The van der Waals surface area contributed by atoms with Crippen LogP contribution in [0.3, 0.4) is 0 Å². The Kier molecular flexibility index (Phi) is 5.37. The summed E-state index contributed by atoms with van der Waals surface area (Å²) in [4.78, 5) is 2.13. The quantitative estimate of drug-likeness (QED) is 0.873. The van der Waals surface area contributed by atoms with Crippen LogP contribution in [0.2, 0.25) is 5.02 Å². The average Bonchev–Trinajstić information content (AvgIpc) is 2.20. The van der Waals surface area contributed by atoms with E-state index in [-0.39, 0.29) is 16.9 Å². The van der Waals surface area contributed by atoms with Gasteiger partial charge in [-0.05, 0) is 45.6 Å². The minimum absolute atomic E-state index is 0.156. The molecule has 0 heterocycles. The van der Waals surface area contributed by atoms with Gasteiger partial charge in [0.2, 0.25) is 0 Å². The molecular formula is C13H20ClFN2. The van der Waals surface area contributed by atoms with E-state index in [0.29, 0.717) is 6.04 Å². The number of nitrogens with zero attached hydrogens (tertiary/aromatic N) is 1. The first-order valence-corrected chi connectivity index (χ1v) is 6.13. The lowest BCUT2D eigenvalue weighted by Crippen LogP contribution is -2.37. The van der Waals surface area contributed by atoms with E-state index in [2.05, 4.69) is 24.1 Å². The summed E-state index contributed by atoms with van der Waals surface area (Å²) in [5, 5.41) is 3.63. The summed E-state index contributed by atoms with van der Waals surface area (Å²) >= 11 is 5.77. The molecule has 4 heteroatoms. The summed E-state index contributed by atoms with van der Waals surface area (Å²) in [5.74, 6) is -0.371. The van der Waals surface area contributed by atoms with Crippen molar-refractivity contribution >= 4 is 11.6 Å². The SMILES string of the molecule is CC(CN(C)C)NC(C)c1ccc(F)c(Cl)c1. The summed E-state index contributed by atoms with van der Waals surface area (Å²) < 4.78 is 13.0. The lowest BCUT2D eigenvalue weighted by molar-refractivity contribution is 0.334. The Morgan fingerprint density at radius 2 is 2.00 bits per heavy atom. The number of hydrogen-bond donors (Lipinski definition) is 1. The van der Waals surface area contributed by atoms with E-state index < -0.39 is 0 Å². The molecule has 0 amide bonds. The van der Waals surface area contributed by atoms with Crippen molar-refractivity contribution in [3.63, 3.8) is 0 Å². The van der Waals surface area contributed by atoms with Crippen molar-refractivity contribution in [2.45, 2.75) is 25.9 Å². The zero-order valence-corrected chi connectivity index (χ0v) is 11.6. The van der Waals surface area contributed by atoms with Crippen molar-refractivity contribution in [2.24, 2.45) is 0 Å². The molecule has 0 saturated heterocycles. The average molecular weight is 259 g/mol. The summed E-state index contributed by atoms with van der Waals surface area (Å²) in [6.07, 6.45) is 0. The van der Waals surface area contributed by atoms with Crippen LogP contribution in [-0.4, -0.2) is 31.6 Å². The molecule has 1 N–H and O–H groups in total. The van der Waals surface area contributed by atoms with E-state index in [0.717, 1.165) is 12.1 Å². The predicted octanol–water partition coefficient (Wildman–Crippen LogP) is 3.08. The van der Waals surface area contributed by atoms with E-state index >= 15 is 0 Å². The maximum Gasteiger partial charge on any atom is 0.141 e. The van der Waals surface area contributed by atoms with Gasteiger partial charge in [0.25, 0.3) is 0 Å². The van der Waals surface area contributed by atoms with E-state index in [9.17, 15) is 4.39 Å². The normalized spacial score (nSPS) is 15.0. The molecule has 1 rings (SSSR count). The predicted molar refractivity (Wildman–Crippen MR) is 71.0 cm³/mol. The largest absolute Gasteiger partial charge is 0.308 e. The molecule has 1 aromatic carbocycles. The van der Waals surface area contributed by atoms with Crippen LogP contribution >= 0.6 is 11.6 Å². The molecule has 0 fully saturated rings. The highest BCUT2D eigenvalue weighted by Gasteiger charge is 2.11. The first-order valence-electron chi connectivity index (χ1n) is 5.76. The second-order valence-electron chi connectivity index (χ2n) is 4.73. The van der Waals surface area contributed by atoms with Gasteiger partial charge in [-0.25, -0.2) is 4.39 Å². The van der Waals surface area contributed by atoms with Crippen molar-refractivity contribution in [3.05, 3.63) is 34.6 Å². The highest BCUT2D eigenvalue weighted by Crippen LogP contribution is 2.20. The molecule has 17 heavy (non-hydrogen) atoms. The van der Waals surface area contributed by atoms with Gasteiger partial charge < -0.3 is 10.2 Å². The number of rotatable bonds is 5. The van der Waals surface area contributed by atoms with Crippen molar-refractivity contribution in [3.8, 4) is 0 Å². The maximum atomic E-state index is 13.0. The van der Waals surface area contributed by atoms with Crippen molar-refractivity contribution in [1.29, 1.82) is 0 Å². The molecule has 0 aliphatic carbocycles. The number of likely N-dealkylation sites (N-methyl/N-ethyl adjacent to an activating group) is 1. The molecule has 0 bridgehead atoms. The van der Waals surface area contributed by atoms with Gasteiger partial charge >= 0.3 is 0 Å². The first kappa shape index (κ1) is 14.4. The van der Waals surface area contributed by atoms with E-state index in [1.165, 1.54) is 6.07 Å². The maximum absolute atomic E-state index is 13.0. The van der Waals surface area contributed by atoms with Crippen LogP contribution in [0.4, 0.5) is 4.39 Å². The fraction of sp³-hybridized carbons (Fsp3) is 0.538. The summed E-state index contributed by atoms with van der Waals surface area (Å²) in [6, 6.07) is 5.37. The molecule has 1 aromatic rings. The lowest BCUT2D eigenvalue weighted by atomic mass is 10.1. The summed E-state index contributed by atoms with van der Waals surface area (Å²) in [6.45, 7) is 5.14. The third kappa shape index (κ3) is 4.62. The number of halogens is 2. The van der Waals surface area contributed by atoms with Crippen molar-refractivity contribution in [2.75, 3.05) is 20.6 Å². The Morgan fingerprint density at radius 1 is 1.35 bits per heavy atom. The van der Waals surface area contributed by atoms with Gasteiger partial charge in [0.15, 0.2) is 0 Å². The van der Waals surface area contributed by atoms with Gasteiger partial charge in [-0.15, -0.1) is 0 Å². The van der Waals surface area contributed by atoms with E-state index in [1.807, 2.05) is 14.1 Å². The molecule has 0 aliphatic heterocycles. The smallest absolute Gasteiger partial charge is 0.141 e. The molecule has 0 spiro atoms. The molecule has 0 radical (unpaired) electrons. The van der Waals surface area contributed by atoms with Gasteiger partial charge in [-0.3, -0.25) is 0 Å². The Hall–Kier alpha value is -0.640. The van der Waals surface area contributed by atoms with Crippen LogP contribution in [-0.2, 0) is 0 Å². The van der Waals surface area contributed by atoms with Gasteiger partial charge in [-0.2, -0.15) is 0 Å². The van der Waals surface area contributed by atoms with Crippen molar-refractivity contribution in [1.82, 2.24) is 10.2 Å². The fourth-order valence-electron chi connectivity index (χ4n) is 1.91. The minimum Gasteiger partial charge on any atom is -0.308 e. The topological polar surface area (TPSA) is 15.3 Å². The van der Waals surface area contributed by atoms with E-state index in [1.54, 1.807) is 12.1 Å². The fourth-order valence-corrected chi connectivity index (χ4v) is 2.09. The zero-order valence-electron chi connectivity index (χ0n) is 10.8. The Bertz CT molecular complexity index is 368. The van der Waals surface area contributed by atoms with Crippen LogP contribution in [0.15, 0.2) is 18.2 Å². The number of benzene rings is 1. The first-order chi connectivity index (χ1) is 7.90. The molecule has 2 unspecified atom stereocenters. The van der Waals surface area contributed by atoms with Gasteiger partial charge in [0.05, 0.1) is 5.02 Å². The molecule has 0 aliphatic rings. The van der Waals surface area contributed by atoms with Crippen molar-refractivity contribution < 1.29 is 4.39 Å². The molecule has 2 nitrogen and oxygen atoms in total. The molecule has 2 atom stereocenters. The number of hydrogen-bond acceptors (Lipinski definition) is 2. The highest BCUT2D eigenvalue weighted by molar-refractivity contribution is 6.30. The molecule has 0 saturated carbocycles. The second-order valence-corrected chi connectivity index (χ2v) is 5.13. The van der Waals surface area contributed by atoms with Crippen LogP contribution in [0.5, 0.6) is 0 Å². The van der Waals surface area contributed by atoms with Crippen LogP contribution in [0.25, 0.3) is 0 Å². The Morgan fingerprint density at radius 3 is 2.53 bits per heavy atom. The van der Waals surface area contributed by atoms with Gasteiger partial charge in [0.1, 0.15) is 5.82 Å². The minimum atomic E-state index is -0.371. The molecular weight excluding hydrogens is 239 g/mol. The van der Waals surface area contributed by atoms with Crippen LogP contribution < -0.4 is 5.32 Å². The van der Waals surface area contributed by atoms with Crippen LogP contribution in [0.1, 0.15) is 25.5 Å². The summed E-state index contributed by atoms with van der Waals surface area (Å²) in [7, 11) is 4.08. The van der Waals surface area contributed by atoms with Crippen LogP contribution in [0, 0.1) is 5.82 Å². The molecule has 0 aromatic heterocycles. The standard InChI is InChI=1S/C13H20ClFN2/c1-9(8-17(3)4)16-10(2)11-5-6-13(15)12(14)7-11/h5-7,9-10,16H,8H2,1-4H3. The highest BCUT2D eigenvalue weighted by atomic mass is 35.5. The molecule has 96 valence electrons. The monoisotopic (exact) mass is 258 g/mol. The van der Waals surface area contributed by atoms with E-state index in [4.69, 9.17) is 11.6 Å². The zero-order chi connectivity index (χ0) is 13.0. The third-order valence-electron chi connectivity index (χ3n) is 2.62. The second kappa shape index (κ2) is 6.34. The van der Waals surface area contributed by atoms with Gasteiger partial charge in [0, 0.05) is 18.6 Å². The summed E-state index contributed by atoms with van der Waals surface area (Å²) in [5.41, 5.74) is 1.00. The Balaban J connectivity index is 2.63. The Labute approximate surface area is 108 Å². The van der Waals surface area contributed by atoms with Gasteiger partial charge in [-0.1, -0.05) is 17.7 Å². The lowest BCUT2D eigenvalue weighted by Gasteiger charge is -2.23.